The van der Waals surface area contributed by atoms with Crippen molar-refractivity contribution in [3.05, 3.63) is 62.0 Å². The van der Waals surface area contributed by atoms with Crippen molar-refractivity contribution in [2.24, 2.45) is 0 Å². The minimum atomic E-state index is -0.108. The van der Waals surface area contributed by atoms with E-state index in [4.69, 9.17) is 11.6 Å². The molecule has 130 valence electrons. The highest BCUT2D eigenvalue weighted by molar-refractivity contribution is 7.16. The summed E-state index contributed by atoms with van der Waals surface area (Å²) in [4.78, 5) is 27.3. The molecule has 3 rings (SSSR count). The number of aromatic nitrogens is 2. The van der Waals surface area contributed by atoms with Crippen LogP contribution in [0.1, 0.15) is 18.2 Å². The van der Waals surface area contributed by atoms with Gasteiger partial charge >= 0.3 is 0 Å². The highest BCUT2D eigenvalue weighted by atomic mass is 35.5. The average Bonchev–Trinajstić information content (AvgIpc) is 3.04. The number of hydrogen-bond acceptors (Lipinski definition) is 4. The zero-order chi connectivity index (χ0) is 17.8. The molecule has 3 aromatic rings. The van der Waals surface area contributed by atoms with Gasteiger partial charge in [0.25, 0.3) is 0 Å². The van der Waals surface area contributed by atoms with Crippen molar-refractivity contribution in [2.45, 2.75) is 26.4 Å². The fourth-order valence-electron chi connectivity index (χ4n) is 2.70. The lowest BCUT2D eigenvalue weighted by Crippen LogP contribution is -2.31. The Morgan fingerprint density at radius 2 is 2.08 bits per heavy atom. The summed E-state index contributed by atoms with van der Waals surface area (Å²) in [7, 11) is 0. The van der Waals surface area contributed by atoms with E-state index in [1.807, 2.05) is 37.3 Å². The van der Waals surface area contributed by atoms with Crippen LogP contribution in [-0.2, 0) is 17.9 Å². The smallest absolute Gasteiger partial charge is 0.224 e. The molecular formula is C18H18ClN3O2S. The van der Waals surface area contributed by atoms with Gasteiger partial charge in [-0.05, 0) is 31.2 Å². The van der Waals surface area contributed by atoms with Crippen LogP contribution in [0.15, 0.2) is 47.4 Å². The molecule has 2 heterocycles. The number of halogens is 1. The molecule has 7 heteroatoms. The fourth-order valence-corrected chi connectivity index (χ4v) is 3.80. The Bertz CT molecular complexity index is 951. The van der Waals surface area contributed by atoms with Gasteiger partial charge in [0.1, 0.15) is 0 Å². The topological polar surface area (TPSA) is 55.2 Å². The Morgan fingerprint density at radius 1 is 1.28 bits per heavy atom. The number of carbonyl (C=O) groups is 1. The first-order valence-electron chi connectivity index (χ1n) is 8.05. The van der Waals surface area contributed by atoms with E-state index in [0.29, 0.717) is 31.4 Å². The van der Waals surface area contributed by atoms with Gasteiger partial charge in [0, 0.05) is 23.2 Å². The van der Waals surface area contributed by atoms with E-state index >= 15 is 0 Å². The first-order valence-corrected chi connectivity index (χ1v) is 9.24. The van der Waals surface area contributed by atoms with E-state index in [2.05, 4.69) is 5.10 Å². The number of thiophene rings is 1. The predicted molar refractivity (Wildman–Crippen MR) is 101 cm³/mol. The van der Waals surface area contributed by atoms with Gasteiger partial charge in [0.2, 0.25) is 11.3 Å². The van der Waals surface area contributed by atoms with E-state index in [1.54, 1.807) is 15.6 Å². The Kier molecular flexibility index (Phi) is 5.50. The summed E-state index contributed by atoms with van der Waals surface area (Å²) >= 11 is 7.44. The maximum absolute atomic E-state index is 12.6. The van der Waals surface area contributed by atoms with Crippen LogP contribution in [0.5, 0.6) is 0 Å². The van der Waals surface area contributed by atoms with Crippen LogP contribution < -0.4 is 5.43 Å². The summed E-state index contributed by atoms with van der Waals surface area (Å²) in [6, 6.07) is 11.1. The molecule has 2 aromatic heterocycles. The van der Waals surface area contributed by atoms with Crippen LogP contribution in [0.2, 0.25) is 4.34 Å². The molecule has 0 unspecified atom stereocenters. The van der Waals surface area contributed by atoms with Crippen molar-refractivity contribution in [3.63, 3.8) is 0 Å². The molecule has 0 saturated carbocycles. The molecule has 1 amide bonds. The minimum absolute atomic E-state index is 0.0524. The zero-order valence-electron chi connectivity index (χ0n) is 13.8. The second kappa shape index (κ2) is 7.80. The molecule has 0 radical (unpaired) electrons. The maximum atomic E-state index is 12.6. The van der Waals surface area contributed by atoms with Crippen LogP contribution in [0.25, 0.3) is 10.9 Å². The molecule has 0 aliphatic rings. The summed E-state index contributed by atoms with van der Waals surface area (Å²) in [6.07, 6.45) is 1.63. The van der Waals surface area contributed by atoms with E-state index in [9.17, 15) is 9.59 Å². The number of carbonyl (C=O) groups excluding carboxylic acids is 1. The molecule has 0 aliphatic carbocycles. The van der Waals surface area contributed by atoms with Gasteiger partial charge in [-0.2, -0.15) is 5.10 Å². The first kappa shape index (κ1) is 17.6. The Hall–Kier alpha value is -2.18. The van der Waals surface area contributed by atoms with Crippen LogP contribution in [0.3, 0.4) is 0 Å². The van der Waals surface area contributed by atoms with E-state index in [1.165, 1.54) is 17.5 Å². The number of benzene rings is 1. The van der Waals surface area contributed by atoms with Crippen molar-refractivity contribution in [2.75, 3.05) is 6.54 Å². The lowest BCUT2D eigenvalue weighted by Gasteiger charge is -2.20. The second-order valence-corrected chi connectivity index (χ2v) is 7.41. The predicted octanol–water partition coefficient (Wildman–Crippen LogP) is 3.55. The standard InChI is InChI=1S/C18H18ClN3O2S/c1-2-21(12-13-7-8-17(19)25-13)18(24)9-10-22-15-6-4-3-5-14(15)16(23)11-20-22/h3-8,11H,2,9-10,12H2,1H3. The number of rotatable bonds is 6. The number of fused-ring (bicyclic) bond motifs is 1. The SMILES string of the molecule is CCN(Cc1ccc(Cl)s1)C(=O)CCn1ncc(=O)c2ccccc21. The molecule has 1 aromatic carbocycles. The van der Waals surface area contributed by atoms with E-state index in [0.717, 1.165) is 14.7 Å². The minimum Gasteiger partial charge on any atom is -0.338 e. The second-order valence-electron chi connectivity index (χ2n) is 5.61. The largest absolute Gasteiger partial charge is 0.338 e. The molecule has 0 bridgehead atoms. The number of para-hydroxylation sites is 1. The molecule has 0 N–H and O–H groups in total. The molecule has 0 atom stereocenters. The van der Waals surface area contributed by atoms with Gasteiger partial charge in [0.15, 0.2) is 0 Å². The lowest BCUT2D eigenvalue weighted by molar-refractivity contribution is -0.131. The van der Waals surface area contributed by atoms with Crippen molar-refractivity contribution in [3.8, 4) is 0 Å². The van der Waals surface area contributed by atoms with Crippen LogP contribution >= 0.6 is 22.9 Å². The Morgan fingerprint density at radius 3 is 2.80 bits per heavy atom. The summed E-state index contributed by atoms with van der Waals surface area (Å²) in [5, 5.41) is 4.79. The molecule has 5 nitrogen and oxygen atoms in total. The van der Waals surface area contributed by atoms with Gasteiger partial charge in [-0.25, -0.2) is 0 Å². The van der Waals surface area contributed by atoms with Crippen molar-refractivity contribution in [1.82, 2.24) is 14.7 Å². The van der Waals surface area contributed by atoms with Crippen LogP contribution in [0.4, 0.5) is 0 Å². The highest BCUT2D eigenvalue weighted by Crippen LogP contribution is 2.23. The number of hydrogen-bond donors (Lipinski definition) is 0. The first-order chi connectivity index (χ1) is 12.1. The van der Waals surface area contributed by atoms with Gasteiger partial charge in [-0.15, -0.1) is 11.3 Å². The quantitative estimate of drug-likeness (QED) is 0.662. The molecule has 25 heavy (non-hydrogen) atoms. The zero-order valence-corrected chi connectivity index (χ0v) is 15.4. The van der Waals surface area contributed by atoms with Gasteiger partial charge < -0.3 is 4.90 Å². The summed E-state index contributed by atoms with van der Waals surface area (Å²) in [6.45, 7) is 3.58. The van der Waals surface area contributed by atoms with Gasteiger partial charge in [-0.1, -0.05) is 23.7 Å². The van der Waals surface area contributed by atoms with Gasteiger partial charge in [-0.3, -0.25) is 14.3 Å². The summed E-state index contributed by atoms with van der Waals surface area (Å²) in [5.74, 6) is 0.0524. The Labute approximate surface area is 154 Å². The highest BCUT2D eigenvalue weighted by Gasteiger charge is 2.14. The normalized spacial score (nSPS) is 11.0. The third kappa shape index (κ3) is 4.08. The van der Waals surface area contributed by atoms with Crippen molar-refractivity contribution in [1.29, 1.82) is 0 Å². The van der Waals surface area contributed by atoms with E-state index < -0.39 is 0 Å². The van der Waals surface area contributed by atoms with Crippen molar-refractivity contribution < 1.29 is 4.79 Å². The fraction of sp³-hybridized carbons (Fsp3) is 0.278. The number of amides is 1. The molecule has 0 aliphatic heterocycles. The molecule has 0 saturated heterocycles. The lowest BCUT2D eigenvalue weighted by atomic mass is 10.2. The molecular weight excluding hydrogens is 358 g/mol. The van der Waals surface area contributed by atoms with Crippen LogP contribution in [-0.4, -0.2) is 27.1 Å². The third-order valence-electron chi connectivity index (χ3n) is 4.01. The maximum Gasteiger partial charge on any atom is 0.224 e. The number of nitrogens with zero attached hydrogens (tertiary/aromatic N) is 3. The van der Waals surface area contributed by atoms with E-state index in [-0.39, 0.29) is 11.3 Å². The van der Waals surface area contributed by atoms with Crippen LogP contribution in [0, 0.1) is 0 Å². The summed E-state index contributed by atoms with van der Waals surface area (Å²) < 4.78 is 2.44. The molecule has 0 spiro atoms. The third-order valence-corrected chi connectivity index (χ3v) is 5.23. The number of aryl methyl sites for hydroxylation is 1. The molecule has 0 fully saturated rings. The van der Waals surface area contributed by atoms with Gasteiger partial charge in [0.05, 0.1) is 29.1 Å². The average molecular weight is 376 g/mol. The van der Waals surface area contributed by atoms with Crippen molar-refractivity contribution >= 4 is 39.7 Å². The Balaban J connectivity index is 1.71. The summed E-state index contributed by atoms with van der Waals surface area (Å²) in [5.41, 5.74) is 0.638. The monoisotopic (exact) mass is 375 g/mol.